The van der Waals surface area contributed by atoms with Crippen LogP contribution in [0.2, 0.25) is 0 Å². The molecule has 4 rings (SSSR count). The summed E-state index contributed by atoms with van der Waals surface area (Å²) in [7, 11) is 1.83. The number of anilines is 1. The zero-order valence-corrected chi connectivity index (χ0v) is 10.2. The molecular formula is C14H17NO2. The van der Waals surface area contributed by atoms with Gasteiger partial charge in [-0.1, -0.05) is 18.2 Å². The van der Waals surface area contributed by atoms with Crippen LogP contribution in [0.5, 0.6) is 0 Å². The van der Waals surface area contributed by atoms with Crippen LogP contribution in [0.4, 0.5) is 5.69 Å². The Kier molecular flexibility index (Phi) is 1.97. The van der Waals surface area contributed by atoms with Crippen molar-refractivity contribution in [3.05, 3.63) is 29.8 Å². The van der Waals surface area contributed by atoms with Crippen molar-refractivity contribution >= 4 is 11.6 Å². The van der Waals surface area contributed by atoms with E-state index in [0.717, 1.165) is 11.3 Å². The maximum absolute atomic E-state index is 12.4. The van der Waals surface area contributed by atoms with Crippen LogP contribution in [0.15, 0.2) is 24.3 Å². The van der Waals surface area contributed by atoms with Gasteiger partial charge in [-0.25, -0.2) is 0 Å². The van der Waals surface area contributed by atoms with Crippen LogP contribution < -0.4 is 4.90 Å². The summed E-state index contributed by atoms with van der Waals surface area (Å²) in [5, 5.41) is 9.73. The Hall–Kier alpha value is -1.35. The van der Waals surface area contributed by atoms with E-state index >= 15 is 0 Å². The number of benzene rings is 1. The molecule has 3 aliphatic carbocycles. The molecule has 3 fully saturated rings. The summed E-state index contributed by atoms with van der Waals surface area (Å²) in [5.74, 6) is 0.155. The topological polar surface area (TPSA) is 40.5 Å². The Morgan fingerprint density at radius 3 is 2.41 bits per heavy atom. The molecule has 0 aliphatic heterocycles. The highest BCUT2D eigenvalue weighted by Crippen LogP contribution is 2.67. The van der Waals surface area contributed by atoms with E-state index in [9.17, 15) is 9.90 Å². The molecule has 3 saturated carbocycles. The van der Waals surface area contributed by atoms with Gasteiger partial charge in [-0.3, -0.25) is 4.79 Å². The van der Waals surface area contributed by atoms with E-state index < -0.39 is 5.60 Å². The molecule has 17 heavy (non-hydrogen) atoms. The van der Waals surface area contributed by atoms with Crippen molar-refractivity contribution in [2.45, 2.75) is 31.8 Å². The van der Waals surface area contributed by atoms with Crippen molar-refractivity contribution in [3.8, 4) is 0 Å². The summed E-state index contributed by atoms with van der Waals surface area (Å²) in [6.45, 7) is 2.01. The minimum atomic E-state index is -0.512. The van der Waals surface area contributed by atoms with Crippen LogP contribution in [0.1, 0.15) is 24.8 Å². The second-order valence-corrected chi connectivity index (χ2v) is 5.69. The Morgan fingerprint density at radius 1 is 1.29 bits per heavy atom. The third kappa shape index (κ3) is 1.35. The fourth-order valence-electron chi connectivity index (χ4n) is 3.37. The quantitative estimate of drug-likeness (QED) is 0.844. The fourth-order valence-corrected chi connectivity index (χ4v) is 3.37. The summed E-state index contributed by atoms with van der Waals surface area (Å²) in [5.41, 5.74) is 1.30. The molecule has 0 heterocycles. The Balaban J connectivity index is 1.82. The molecule has 1 N–H and O–H groups in total. The minimum absolute atomic E-state index is 0.155. The first-order valence-electron chi connectivity index (χ1n) is 6.02. The van der Waals surface area contributed by atoms with Crippen molar-refractivity contribution in [2.24, 2.45) is 5.41 Å². The number of aryl methyl sites for hydroxylation is 1. The van der Waals surface area contributed by atoms with E-state index in [1.807, 2.05) is 38.2 Å². The van der Waals surface area contributed by atoms with Gasteiger partial charge in [-0.15, -0.1) is 0 Å². The summed E-state index contributed by atoms with van der Waals surface area (Å²) in [6, 6.07) is 7.89. The molecule has 3 heteroatoms. The molecular weight excluding hydrogens is 214 g/mol. The molecule has 90 valence electrons. The molecule has 0 spiro atoms. The summed E-state index contributed by atoms with van der Waals surface area (Å²) >= 11 is 0. The maximum Gasteiger partial charge on any atom is 0.233 e. The van der Waals surface area contributed by atoms with Crippen molar-refractivity contribution < 1.29 is 9.90 Å². The Bertz CT molecular complexity index is 475. The molecule has 3 nitrogen and oxygen atoms in total. The average Bonchev–Trinajstić information content (AvgIpc) is 2.22. The lowest BCUT2D eigenvalue weighted by Gasteiger charge is -2.66. The Morgan fingerprint density at radius 2 is 1.88 bits per heavy atom. The summed E-state index contributed by atoms with van der Waals surface area (Å²) in [4.78, 5) is 14.1. The third-order valence-corrected chi connectivity index (χ3v) is 4.24. The van der Waals surface area contributed by atoms with Gasteiger partial charge < -0.3 is 10.0 Å². The normalized spacial score (nSPS) is 33.6. The van der Waals surface area contributed by atoms with Gasteiger partial charge in [0.05, 0.1) is 11.0 Å². The van der Waals surface area contributed by atoms with E-state index in [4.69, 9.17) is 0 Å². The lowest BCUT2D eigenvalue weighted by Crippen LogP contribution is -2.72. The number of para-hydroxylation sites is 1. The SMILES string of the molecule is Cc1ccccc1N(C)C(=O)C12CC(O)(C1)C2. The standard InChI is InChI=1S/C14H17NO2/c1-10-5-3-4-6-11(10)15(2)12(16)13-7-14(17,8-13)9-13/h3-6,17H,7-9H2,1-2H3. The molecule has 2 bridgehead atoms. The molecule has 1 aromatic carbocycles. The summed E-state index contributed by atoms with van der Waals surface area (Å²) < 4.78 is 0. The highest BCUT2D eigenvalue weighted by Gasteiger charge is 2.71. The first kappa shape index (κ1) is 10.8. The zero-order chi connectivity index (χ0) is 12.3. The van der Waals surface area contributed by atoms with Crippen LogP contribution in [-0.4, -0.2) is 23.7 Å². The molecule has 0 saturated heterocycles. The van der Waals surface area contributed by atoms with Crippen LogP contribution in [0.25, 0.3) is 0 Å². The largest absolute Gasteiger partial charge is 0.390 e. The van der Waals surface area contributed by atoms with Gasteiger partial charge in [0.15, 0.2) is 0 Å². The van der Waals surface area contributed by atoms with E-state index in [0.29, 0.717) is 19.3 Å². The van der Waals surface area contributed by atoms with Crippen molar-refractivity contribution in [1.29, 1.82) is 0 Å². The number of hydrogen-bond acceptors (Lipinski definition) is 2. The number of carbonyl (C=O) groups is 1. The molecule has 0 radical (unpaired) electrons. The van der Waals surface area contributed by atoms with Gasteiger partial charge in [0.25, 0.3) is 0 Å². The van der Waals surface area contributed by atoms with Gasteiger partial charge in [0.1, 0.15) is 0 Å². The van der Waals surface area contributed by atoms with Crippen LogP contribution in [0, 0.1) is 12.3 Å². The number of carbonyl (C=O) groups excluding carboxylic acids is 1. The van der Waals surface area contributed by atoms with Crippen LogP contribution in [-0.2, 0) is 4.79 Å². The Labute approximate surface area is 101 Å². The highest BCUT2D eigenvalue weighted by atomic mass is 16.3. The van der Waals surface area contributed by atoms with Crippen LogP contribution in [0.3, 0.4) is 0 Å². The van der Waals surface area contributed by atoms with E-state index in [2.05, 4.69) is 0 Å². The first-order valence-corrected chi connectivity index (χ1v) is 6.02. The second kappa shape index (κ2) is 3.10. The van der Waals surface area contributed by atoms with E-state index in [1.54, 1.807) is 4.90 Å². The molecule has 1 aromatic rings. The number of amides is 1. The van der Waals surface area contributed by atoms with E-state index in [1.165, 1.54) is 0 Å². The molecule has 0 unspecified atom stereocenters. The second-order valence-electron chi connectivity index (χ2n) is 5.69. The van der Waals surface area contributed by atoms with Gasteiger partial charge in [-0.05, 0) is 37.8 Å². The predicted octanol–water partition coefficient (Wildman–Crippen LogP) is 1.87. The van der Waals surface area contributed by atoms with Gasteiger partial charge in [0.2, 0.25) is 5.91 Å². The minimum Gasteiger partial charge on any atom is -0.390 e. The molecule has 0 aromatic heterocycles. The number of nitrogens with zero attached hydrogens (tertiary/aromatic N) is 1. The summed E-state index contributed by atoms with van der Waals surface area (Å²) in [6.07, 6.45) is 1.94. The van der Waals surface area contributed by atoms with Gasteiger partial charge >= 0.3 is 0 Å². The van der Waals surface area contributed by atoms with Gasteiger partial charge in [-0.2, -0.15) is 0 Å². The predicted molar refractivity (Wildman–Crippen MR) is 65.8 cm³/mol. The smallest absolute Gasteiger partial charge is 0.233 e. The molecule has 3 aliphatic rings. The average molecular weight is 231 g/mol. The first-order chi connectivity index (χ1) is 7.96. The third-order valence-electron chi connectivity index (χ3n) is 4.24. The lowest BCUT2D eigenvalue weighted by molar-refractivity contribution is -0.248. The molecule has 1 amide bonds. The lowest BCUT2D eigenvalue weighted by atomic mass is 9.41. The maximum atomic E-state index is 12.4. The number of hydrogen-bond donors (Lipinski definition) is 1. The fraction of sp³-hybridized carbons (Fsp3) is 0.500. The van der Waals surface area contributed by atoms with Crippen molar-refractivity contribution in [2.75, 3.05) is 11.9 Å². The zero-order valence-electron chi connectivity index (χ0n) is 10.2. The van der Waals surface area contributed by atoms with Crippen molar-refractivity contribution in [1.82, 2.24) is 0 Å². The number of rotatable bonds is 2. The monoisotopic (exact) mass is 231 g/mol. The number of aliphatic hydroxyl groups is 1. The highest BCUT2D eigenvalue weighted by molar-refractivity contribution is 6.00. The molecule has 0 atom stereocenters. The van der Waals surface area contributed by atoms with Crippen molar-refractivity contribution in [3.63, 3.8) is 0 Å². The van der Waals surface area contributed by atoms with Gasteiger partial charge in [0, 0.05) is 12.7 Å². The van der Waals surface area contributed by atoms with Crippen LogP contribution >= 0.6 is 0 Å². The van der Waals surface area contributed by atoms with E-state index in [-0.39, 0.29) is 11.3 Å².